The van der Waals surface area contributed by atoms with Gasteiger partial charge >= 0.3 is 0 Å². The van der Waals surface area contributed by atoms with Crippen molar-refractivity contribution in [1.82, 2.24) is 0 Å². The lowest BCUT2D eigenvalue weighted by Crippen LogP contribution is -2.62. The molecule has 4 aliphatic carbocycles. The lowest BCUT2D eigenvalue weighted by atomic mass is 9.36. The molecule has 6 atom stereocenters. The molecule has 0 aliphatic heterocycles. The molecule has 0 aromatic rings. The van der Waals surface area contributed by atoms with E-state index in [1.807, 2.05) is 6.92 Å². The third-order valence-corrected chi connectivity index (χ3v) is 7.77. The lowest BCUT2D eigenvalue weighted by Gasteiger charge is -2.69. The minimum atomic E-state index is -0.935. The molecule has 27 heavy (non-hydrogen) atoms. The molecule has 4 bridgehead atoms. The minimum Gasteiger partial charge on any atom is -0.330 e. The monoisotopic (exact) mass is 385 g/mol. The zero-order valence-electron chi connectivity index (χ0n) is 16.2. The van der Waals surface area contributed by atoms with E-state index >= 15 is 0 Å². The number of hydrogen-bond donors (Lipinski definition) is 1. The van der Waals surface area contributed by atoms with E-state index in [9.17, 15) is 20.2 Å². The van der Waals surface area contributed by atoms with Gasteiger partial charge in [-0.3, -0.25) is 0 Å². The SMILES string of the molecule is CCC(C(CO[N+](=O)[O-])O[N+](=O)[O-])C12CC3CC(CC)(CC(CN)(C3)C1)C2. The molecule has 4 saturated carbocycles. The van der Waals surface area contributed by atoms with Crippen LogP contribution in [0.3, 0.4) is 0 Å². The van der Waals surface area contributed by atoms with Crippen molar-refractivity contribution < 1.29 is 19.8 Å². The maximum atomic E-state index is 11.1. The van der Waals surface area contributed by atoms with E-state index in [4.69, 9.17) is 10.6 Å². The first-order valence-corrected chi connectivity index (χ1v) is 9.99. The highest BCUT2D eigenvalue weighted by Crippen LogP contribution is 2.72. The summed E-state index contributed by atoms with van der Waals surface area (Å²) in [5, 5.41) is 20.0. The van der Waals surface area contributed by atoms with E-state index in [2.05, 4.69) is 11.8 Å². The van der Waals surface area contributed by atoms with Crippen molar-refractivity contribution in [3.8, 4) is 0 Å². The van der Waals surface area contributed by atoms with Gasteiger partial charge in [0.1, 0.15) is 12.7 Å². The topological polar surface area (TPSA) is 131 Å². The van der Waals surface area contributed by atoms with Crippen LogP contribution in [-0.4, -0.2) is 29.4 Å². The number of hydrogen-bond acceptors (Lipinski definition) is 7. The highest BCUT2D eigenvalue weighted by Gasteiger charge is 2.64. The van der Waals surface area contributed by atoms with Gasteiger partial charge in [0.15, 0.2) is 0 Å². The third-order valence-electron chi connectivity index (χ3n) is 7.77. The van der Waals surface area contributed by atoms with Crippen LogP contribution in [-0.2, 0) is 9.68 Å². The van der Waals surface area contributed by atoms with Crippen LogP contribution in [0.25, 0.3) is 0 Å². The van der Waals surface area contributed by atoms with Gasteiger partial charge in [-0.15, -0.1) is 20.2 Å². The lowest BCUT2D eigenvalue weighted by molar-refractivity contribution is -0.792. The molecule has 0 amide bonds. The van der Waals surface area contributed by atoms with Crippen molar-refractivity contribution in [2.75, 3.05) is 13.2 Å². The molecule has 0 aromatic heterocycles. The average Bonchev–Trinajstić information content (AvgIpc) is 2.58. The summed E-state index contributed by atoms with van der Waals surface area (Å²) in [6.07, 6.45) is 7.22. The molecular weight excluding hydrogens is 354 g/mol. The molecule has 4 fully saturated rings. The fraction of sp³-hybridized carbons (Fsp3) is 1.00. The van der Waals surface area contributed by atoms with Gasteiger partial charge in [0.25, 0.3) is 10.2 Å². The van der Waals surface area contributed by atoms with Crippen LogP contribution in [0.15, 0.2) is 0 Å². The smallest absolute Gasteiger partial charge is 0.294 e. The van der Waals surface area contributed by atoms with E-state index in [0.717, 1.165) is 38.5 Å². The molecular formula is C18H31N3O6. The quantitative estimate of drug-likeness (QED) is 0.451. The van der Waals surface area contributed by atoms with Crippen LogP contribution in [0.4, 0.5) is 0 Å². The van der Waals surface area contributed by atoms with Crippen molar-refractivity contribution in [3.05, 3.63) is 20.2 Å². The molecule has 0 spiro atoms. The molecule has 154 valence electrons. The van der Waals surface area contributed by atoms with E-state index in [0.29, 0.717) is 18.9 Å². The van der Waals surface area contributed by atoms with Crippen molar-refractivity contribution >= 4 is 0 Å². The summed E-state index contributed by atoms with van der Waals surface area (Å²) in [5.74, 6) is 0.412. The normalized spacial score (nSPS) is 39.0. The molecule has 6 unspecified atom stereocenters. The van der Waals surface area contributed by atoms with Gasteiger partial charge in [-0.2, -0.15) is 0 Å². The Kier molecular flexibility index (Phi) is 5.26. The van der Waals surface area contributed by atoms with Crippen LogP contribution in [0.1, 0.15) is 65.2 Å². The third kappa shape index (κ3) is 3.58. The van der Waals surface area contributed by atoms with E-state index < -0.39 is 22.9 Å². The van der Waals surface area contributed by atoms with Gasteiger partial charge < -0.3 is 15.4 Å². The molecule has 9 heteroatoms. The average molecular weight is 385 g/mol. The second kappa shape index (κ2) is 7.07. The maximum absolute atomic E-state index is 11.1. The van der Waals surface area contributed by atoms with E-state index in [1.54, 1.807) is 0 Å². The van der Waals surface area contributed by atoms with Crippen LogP contribution in [0.2, 0.25) is 0 Å². The molecule has 0 aromatic carbocycles. The Hall–Kier alpha value is -1.64. The van der Waals surface area contributed by atoms with E-state index in [-0.39, 0.29) is 22.2 Å². The van der Waals surface area contributed by atoms with Crippen LogP contribution in [0, 0.1) is 48.3 Å². The second-order valence-corrected chi connectivity index (χ2v) is 9.33. The molecule has 2 N–H and O–H groups in total. The van der Waals surface area contributed by atoms with Gasteiger partial charge in [0, 0.05) is 0 Å². The Labute approximate surface area is 159 Å². The zero-order chi connectivity index (χ0) is 19.9. The largest absolute Gasteiger partial charge is 0.330 e. The van der Waals surface area contributed by atoms with Gasteiger partial charge in [-0.25, -0.2) is 0 Å². The fourth-order valence-electron chi connectivity index (χ4n) is 7.52. The Morgan fingerprint density at radius 2 is 1.74 bits per heavy atom. The van der Waals surface area contributed by atoms with Gasteiger partial charge in [-0.1, -0.05) is 26.7 Å². The fourth-order valence-corrected chi connectivity index (χ4v) is 7.52. The summed E-state index contributed by atoms with van der Waals surface area (Å²) in [7, 11) is 0. The number of nitrogens with zero attached hydrogens (tertiary/aromatic N) is 2. The highest BCUT2D eigenvalue weighted by atomic mass is 17.0. The van der Waals surface area contributed by atoms with Crippen molar-refractivity contribution in [2.24, 2.45) is 33.8 Å². The first kappa shape index (κ1) is 20.1. The molecule has 4 rings (SSSR count). The number of nitrogens with two attached hydrogens (primary N) is 1. The molecule has 0 radical (unpaired) electrons. The van der Waals surface area contributed by atoms with Gasteiger partial charge in [0.2, 0.25) is 0 Å². The summed E-state index contributed by atoms with van der Waals surface area (Å²) in [6.45, 7) is 4.44. The molecule has 9 nitrogen and oxygen atoms in total. The first-order chi connectivity index (χ1) is 12.7. The Balaban J connectivity index is 1.94. The van der Waals surface area contributed by atoms with Gasteiger partial charge in [0.05, 0.1) is 0 Å². The standard InChI is InChI=1S/C18H31N3O6/c1-3-14(15(27-21(24)25)8-26-20(22)23)18-7-13-5-16(4-2,10-18)9-17(6-13,11-18)12-19/h13-15H,3-12,19H2,1-2H3. The van der Waals surface area contributed by atoms with E-state index in [1.165, 1.54) is 6.42 Å². The van der Waals surface area contributed by atoms with Crippen LogP contribution in [0.5, 0.6) is 0 Å². The molecule has 0 heterocycles. The van der Waals surface area contributed by atoms with Crippen molar-refractivity contribution in [2.45, 2.75) is 71.3 Å². The summed E-state index contributed by atoms with van der Waals surface area (Å²) >= 11 is 0. The zero-order valence-corrected chi connectivity index (χ0v) is 16.2. The van der Waals surface area contributed by atoms with Crippen LogP contribution < -0.4 is 5.73 Å². The van der Waals surface area contributed by atoms with Crippen LogP contribution >= 0.6 is 0 Å². The summed E-state index contributed by atoms with van der Waals surface area (Å²) < 4.78 is 0. The molecule has 4 aliphatic rings. The predicted octanol–water partition coefficient (Wildman–Crippen LogP) is 3.12. The highest BCUT2D eigenvalue weighted by molar-refractivity contribution is 5.14. The maximum Gasteiger partial charge on any atom is 0.294 e. The number of rotatable bonds is 10. The summed E-state index contributed by atoms with van der Waals surface area (Å²) in [6, 6.07) is 0. The predicted molar refractivity (Wildman–Crippen MR) is 96.4 cm³/mol. The molecule has 0 saturated heterocycles. The van der Waals surface area contributed by atoms with Crippen molar-refractivity contribution in [3.63, 3.8) is 0 Å². The Morgan fingerprint density at radius 1 is 1.07 bits per heavy atom. The minimum absolute atomic E-state index is 0.0893. The van der Waals surface area contributed by atoms with Gasteiger partial charge in [-0.05, 0) is 73.2 Å². The first-order valence-electron chi connectivity index (χ1n) is 9.99. The van der Waals surface area contributed by atoms with Crippen molar-refractivity contribution in [1.29, 1.82) is 0 Å². The Bertz CT molecular complexity index is 580. The summed E-state index contributed by atoms with van der Waals surface area (Å²) in [5.41, 5.74) is 6.44. The summed E-state index contributed by atoms with van der Waals surface area (Å²) in [4.78, 5) is 31.2. The Morgan fingerprint density at radius 3 is 2.30 bits per heavy atom. The second-order valence-electron chi connectivity index (χ2n) is 9.33.